The van der Waals surface area contributed by atoms with Gasteiger partial charge >= 0.3 is 12.2 Å². The summed E-state index contributed by atoms with van der Waals surface area (Å²) in [6.07, 6.45) is -2.18. The van der Waals surface area contributed by atoms with Crippen LogP contribution >= 0.6 is 0 Å². The molecule has 16 heteroatoms. The third kappa shape index (κ3) is 10.5. The lowest BCUT2D eigenvalue weighted by molar-refractivity contribution is -0.384. The standard InChI is InChI=1S/C40H39N5O11/c1-23(46)20-35(38(49)43-27-14-12-26(13-15-27)21-55-40(51)56-29-18-16-28(17-19-29)45(52)53)44-37(48)24(2)41-36(47)25(3)42-39(50)54-22-34-32-10-6-4-8-30(32)31-9-5-7-11-33(31)34/h4-19,24-25,34-35H,20-22H2,1-3H3,(H,41,47)(H,42,50)(H,43,49)(H,44,48)/t24-,25-,35-/m0/s1. The minimum Gasteiger partial charge on any atom is -0.449 e. The highest BCUT2D eigenvalue weighted by Gasteiger charge is 2.30. The van der Waals surface area contributed by atoms with Crippen LogP contribution in [-0.4, -0.2) is 65.4 Å². The van der Waals surface area contributed by atoms with Crippen molar-refractivity contribution >= 4 is 47.1 Å². The van der Waals surface area contributed by atoms with Gasteiger partial charge in [0.1, 0.15) is 42.9 Å². The van der Waals surface area contributed by atoms with Gasteiger partial charge in [-0.1, -0.05) is 60.7 Å². The van der Waals surface area contributed by atoms with Gasteiger partial charge in [0.2, 0.25) is 17.7 Å². The highest BCUT2D eigenvalue weighted by atomic mass is 16.7. The fourth-order valence-electron chi connectivity index (χ4n) is 5.90. The summed E-state index contributed by atoms with van der Waals surface area (Å²) in [5.41, 5.74) is 4.89. The molecular weight excluding hydrogens is 726 g/mol. The third-order valence-corrected chi connectivity index (χ3v) is 8.77. The van der Waals surface area contributed by atoms with Crippen molar-refractivity contribution in [3.63, 3.8) is 0 Å². The molecule has 4 amide bonds. The Morgan fingerprint density at radius 1 is 0.714 bits per heavy atom. The predicted molar refractivity (Wildman–Crippen MR) is 201 cm³/mol. The number of nitro groups is 1. The van der Waals surface area contributed by atoms with Gasteiger partial charge in [-0.3, -0.25) is 29.3 Å². The number of carbonyl (C=O) groups excluding carboxylic acids is 6. The molecule has 0 bridgehead atoms. The monoisotopic (exact) mass is 765 g/mol. The quantitative estimate of drug-likeness (QED) is 0.0537. The first-order valence-corrected chi connectivity index (χ1v) is 17.5. The molecule has 290 valence electrons. The number of carbonyl (C=O) groups is 6. The van der Waals surface area contributed by atoms with E-state index in [9.17, 15) is 38.9 Å². The van der Waals surface area contributed by atoms with Crippen LogP contribution in [0.5, 0.6) is 5.75 Å². The topological polar surface area (TPSA) is 221 Å². The van der Waals surface area contributed by atoms with Crippen LogP contribution < -0.4 is 26.0 Å². The van der Waals surface area contributed by atoms with Crippen LogP contribution in [0, 0.1) is 10.1 Å². The molecule has 0 heterocycles. The molecule has 1 aliphatic carbocycles. The molecule has 5 rings (SSSR count). The van der Waals surface area contributed by atoms with Crippen molar-refractivity contribution in [2.24, 2.45) is 0 Å². The average molecular weight is 766 g/mol. The normalized spacial score (nSPS) is 13.1. The summed E-state index contributed by atoms with van der Waals surface area (Å²) in [6.45, 7) is 3.94. The van der Waals surface area contributed by atoms with Crippen LogP contribution in [-0.2, 0) is 35.3 Å². The number of fused-ring (bicyclic) bond motifs is 3. The number of benzene rings is 4. The zero-order chi connectivity index (χ0) is 40.4. The van der Waals surface area contributed by atoms with Crippen LogP contribution in [0.25, 0.3) is 11.1 Å². The minimum atomic E-state index is -1.28. The maximum Gasteiger partial charge on any atom is 0.514 e. The molecule has 4 aromatic carbocycles. The Labute approximate surface area is 321 Å². The summed E-state index contributed by atoms with van der Waals surface area (Å²) in [7, 11) is 0. The number of nitrogens with zero attached hydrogens (tertiary/aromatic N) is 1. The van der Waals surface area contributed by atoms with Crippen molar-refractivity contribution < 1.29 is 47.9 Å². The number of anilines is 1. The number of non-ortho nitro benzene ring substituents is 1. The van der Waals surface area contributed by atoms with E-state index in [1.54, 1.807) is 12.1 Å². The second-order valence-corrected chi connectivity index (χ2v) is 13.0. The van der Waals surface area contributed by atoms with Gasteiger partial charge in [-0.25, -0.2) is 9.59 Å². The molecular formula is C40H39N5O11. The summed E-state index contributed by atoms with van der Waals surface area (Å²) in [4.78, 5) is 86.0. The first-order valence-electron chi connectivity index (χ1n) is 17.5. The molecule has 0 fully saturated rings. The SMILES string of the molecule is CC(=O)C[C@H](NC(=O)[C@H](C)NC(=O)[C@H](C)NC(=O)OCC1c2ccccc2-c2ccccc21)C(=O)Nc1ccc(COC(=O)Oc2ccc([N+](=O)[O-])cc2)cc1. The molecule has 0 saturated carbocycles. The number of rotatable bonds is 15. The fourth-order valence-corrected chi connectivity index (χ4v) is 5.90. The highest BCUT2D eigenvalue weighted by Crippen LogP contribution is 2.44. The van der Waals surface area contributed by atoms with E-state index >= 15 is 0 Å². The fraction of sp³-hybridized carbons (Fsp3) is 0.250. The van der Waals surface area contributed by atoms with Crippen molar-refractivity contribution in [1.29, 1.82) is 0 Å². The number of hydrogen-bond donors (Lipinski definition) is 4. The van der Waals surface area contributed by atoms with Gasteiger partial charge < -0.3 is 35.5 Å². The molecule has 56 heavy (non-hydrogen) atoms. The molecule has 0 saturated heterocycles. The van der Waals surface area contributed by atoms with E-state index in [-0.39, 0.29) is 42.8 Å². The predicted octanol–water partition coefficient (Wildman–Crippen LogP) is 5.14. The largest absolute Gasteiger partial charge is 0.514 e. The maximum absolute atomic E-state index is 13.1. The van der Waals surface area contributed by atoms with Crippen LogP contribution in [0.2, 0.25) is 0 Å². The molecule has 0 aromatic heterocycles. The van der Waals surface area contributed by atoms with Crippen LogP contribution in [0.1, 0.15) is 49.8 Å². The van der Waals surface area contributed by atoms with Gasteiger partial charge in [-0.05, 0) is 72.9 Å². The average Bonchev–Trinajstić information content (AvgIpc) is 3.49. The van der Waals surface area contributed by atoms with Gasteiger partial charge in [0.25, 0.3) is 5.69 Å². The van der Waals surface area contributed by atoms with Gasteiger partial charge in [0.15, 0.2) is 0 Å². The zero-order valence-electron chi connectivity index (χ0n) is 30.6. The molecule has 0 aliphatic heterocycles. The number of Topliss-reactive ketones (excluding diaryl/α,β-unsaturated/α-hetero) is 1. The van der Waals surface area contributed by atoms with E-state index < -0.39 is 53.0 Å². The summed E-state index contributed by atoms with van der Waals surface area (Å²) >= 11 is 0. The molecule has 0 radical (unpaired) electrons. The minimum absolute atomic E-state index is 0.0510. The number of hydrogen-bond acceptors (Lipinski definition) is 11. The van der Waals surface area contributed by atoms with E-state index in [0.29, 0.717) is 11.3 Å². The van der Waals surface area contributed by atoms with Gasteiger partial charge in [0, 0.05) is 30.2 Å². The summed E-state index contributed by atoms with van der Waals surface area (Å²) in [5, 5.41) is 20.8. The van der Waals surface area contributed by atoms with E-state index in [4.69, 9.17) is 14.2 Å². The Morgan fingerprint density at radius 2 is 1.29 bits per heavy atom. The van der Waals surface area contributed by atoms with Crippen molar-refractivity contribution in [1.82, 2.24) is 16.0 Å². The number of ketones is 1. The number of alkyl carbamates (subject to hydrolysis) is 1. The number of nitrogens with one attached hydrogen (secondary N) is 4. The Balaban J connectivity index is 1.06. The maximum atomic E-state index is 13.1. The van der Waals surface area contributed by atoms with E-state index in [0.717, 1.165) is 22.3 Å². The second kappa shape index (κ2) is 18.3. The van der Waals surface area contributed by atoms with Gasteiger partial charge in [-0.2, -0.15) is 0 Å². The van der Waals surface area contributed by atoms with Crippen LogP contribution in [0.3, 0.4) is 0 Å². The first kappa shape index (κ1) is 40.1. The zero-order valence-corrected chi connectivity index (χ0v) is 30.6. The molecule has 4 aromatic rings. The molecule has 1 aliphatic rings. The summed E-state index contributed by atoms with van der Waals surface area (Å²) in [6, 6.07) is 23.3. The molecule has 16 nitrogen and oxygen atoms in total. The molecule has 4 N–H and O–H groups in total. The third-order valence-electron chi connectivity index (χ3n) is 8.77. The lowest BCUT2D eigenvalue weighted by Crippen LogP contribution is -2.55. The van der Waals surface area contributed by atoms with E-state index in [1.807, 2.05) is 48.5 Å². The van der Waals surface area contributed by atoms with Crippen LogP contribution in [0.15, 0.2) is 97.1 Å². The Hall–Kier alpha value is -7.10. The van der Waals surface area contributed by atoms with E-state index in [1.165, 1.54) is 57.2 Å². The number of ether oxygens (including phenoxy) is 3. The van der Waals surface area contributed by atoms with Crippen molar-refractivity contribution in [3.05, 3.63) is 124 Å². The summed E-state index contributed by atoms with van der Waals surface area (Å²) in [5.74, 6) is -2.63. The van der Waals surface area contributed by atoms with Gasteiger partial charge in [0.05, 0.1) is 4.92 Å². The molecule has 0 spiro atoms. The van der Waals surface area contributed by atoms with Gasteiger partial charge in [-0.15, -0.1) is 0 Å². The van der Waals surface area contributed by atoms with Crippen LogP contribution in [0.4, 0.5) is 21.0 Å². The molecule has 3 atom stereocenters. The smallest absolute Gasteiger partial charge is 0.449 e. The highest BCUT2D eigenvalue weighted by molar-refractivity contribution is 6.01. The Bertz CT molecular complexity index is 2080. The first-order chi connectivity index (χ1) is 26.8. The van der Waals surface area contributed by atoms with Crippen molar-refractivity contribution in [3.8, 4) is 16.9 Å². The molecule has 0 unspecified atom stereocenters. The van der Waals surface area contributed by atoms with Crippen molar-refractivity contribution in [2.75, 3.05) is 11.9 Å². The lowest BCUT2D eigenvalue weighted by atomic mass is 9.98. The lowest BCUT2D eigenvalue weighted by Gasteiger charge is -2.22. The summed E-state index contributed by atoms with van der Waals surface area (Å²) < 4.78 is 15.6. The number of nitro benzene ring substituents is 1. The van der Waals surface area contributed by atoms with Crippen molar-refractivity contribution in [2.45, 2.75) is 57.8 Å². The Morgan fingerprint density at radius 3 is 1.88 bits per heavy atom. The number of amides is 4. The van der Waals surface area contributed by atoms with E-state index in [2.05, 4.69) is 21.3 Å². The Kier molecular flexibility index (Phi) is 13.1. The second-order valence-electron chi connectivity index (χ2n) is 13.0.